The van der Waals surface area contributed by atoms with E-state index >= 15 is 0 Å². The van der Waals surface area contributed by atoms with E-state index in [-0.39, 0.29) is 34.8 Å². The van der Waals surface area contributed by atoms with Gasteiger partial charge in [0, 0.05) is 42.3 Å². The molecule has 1 saturated carbocycles. The number of nitrogens with zero attached hydrogens (tertiary/aromatic N) is 2. The van der Waals surface area contributed by atoms with Crippen molar-refractivity contribution in [3.05, 3.63) is 53.6 Å². The van der Waals surface area contributed by atoms with Gasteiger partial charge in [0.25, 0.3) is 11.8 Å². The number of nitrogens with one attached hydrogen (secondary N) is 3. The minimum atomic E-state index is -0.778. The van der Waals surface area contributed by atoms with Crippen LogP contribution in [0.1, 0.15) is 59.9 Å². The number of benzene rings is 1. The highest BCUT2D eigenvalue weighted by Gasteiger charge is 2.26. The Hall–Kier alpha value is -3.75. The number of rotatable bonds is 6. The molecule has 0 bridgehead atoms. The predicted molar refractivity (Wildman–Crippen MR) is 128 cm³/mol. The minimum Gasteiger partial charge on any atom is -0.352 e. The number of halogens is 1. The second kappa shape index (κ2) is 10.0. The Morgan fingerprint density at radius 2 is 1.91 bits per heavy atom. The molecule has 2 heterocycles. The predicted octanol–water partition coefficient (Wildman–Crippen LogP) is 4.25. The first-order chi connectivity index (χ1) is 16.4. The number of aromatic amines is 1. The summed E-state index contributed by atoms with van der Waals surface area (Å²) in [5, 5.41) is 5.89. The van der Waals surface area contributed by atoms with Crippen LogP contribution in [0.3, 0.4) is 0 Å². The molecule has 0 saturated heterocycles. The lowest BCUT2D eigenvalue weighted by Crippen LogP contribution is -2.33. The molecule has 0 unspecified atom stereocenters. The third kappa shape index (κ3) is 4.64. The zero-order valence-corrected chi connectivity index (χ0v) is 19.3. The van der Waals surface area contributed by atoms with Crippen LogP contribution in [0.5, 0.6) is 0 Å². The molecule has 3 aromatic rings. The van der Waals surface area contributed by atoms with E-state index in [4.69, 9.17) is 0 Å². The molecule has 0 spiro atoms. The van der Waals surface area contributed by atoms with Crippen LogP contribution >= 0.6 is 0 Å². The molecule has 0 atom stereocenters. The fourth-order valence-electron chi connectivity index (χ4n) is 4.45. The van der Waals surface area contributed by atoms with E-state index in [0.717, 1.165) is 31.7 Å². The van der Waals surface area contributed by atoms with Crippen molar-refractivity contribution >= 4 is 40.1 Å². The van der Waals surface area contributed by atoms with Gasteiger partial charge >= 0.3 is 0 Å². The molecule has 1 fully saturated rings. The van der Waals surface area contributed by atoms with Crippen LogP contribution in [-0.4, -0.2) is 41.3 Å². The number of H-pyrrole nitrogens is 1. The van der Waals surface area contributed by atoms with Crippen molar-refractivity contribution in [3.63, 3.8) is 0 Å². The van der Waals surface area contributed by atoms with Gasteiger partial charge in [-0.25, -0.2) is 9.37 Å². The van der Waals surface area contributed by atoms with E-state index in [2.05, 4.69) is 20.6 Å². The number of hydrogen-bond donors (Lipinski definition) is 3. The summed E-state index contributed by atoms with van der Waals surface area (Å²) in [4.78, 5) is 47.0. The van der Waals surface area contributed by atoms with Crippen LogP contribution in [0.2, 0.25) is 0 Å². The molecule has 0 aliphatic heterocycles. The number of fused-ring (bicyclic) bond motifs is 1. The first-order valence-electron chi connectivity index (χ1n) is 11.5. The molecular formula is C25H28FN5O3. The monoisotopic (exact) mass is 465 g/mol. The van der Waals surface area contributed by atoms with Crippen molar-refractivity contribution in [2.75, 3.05) is 23.8 Å². The first-order valence-corrected chi connectivity index (χ1v) is 11.5. The molecule has 2 aromatic heterocycles. The number of aromatic nitrogens is 2. The molecule has 1 aliphatic rings. The molecule has 34 heavy (non-hydrogen) atoms. The summed E-state index contributed by atoms with van der Waals surface area (Å²) in [5.74, 6) is -1.69. The fourth-order valence-corrected chi connectivity index (χ4v) is 4.45. The van der Waals surface area contributed by atoms with Gasteiger partial charge in [-0.05, 0) is 50.1 Å². The maximum absolute atomic E-state index is 14.0. The number of pyridine rings is 1. The summed E-state index contributed by atoms with van der Waals surface area (Å²) < 4.78 is 14.0. The van der Waals surface area contributed by atoms with Gasteiger partial charge in [0.1, 0.15) is 5.82 Å². The van der Waals surface area contributed by atoms with Crippen LogP contribution in [0.15, 0.2) is 36.5 Å². The summed E-state index contributed by atoms with van der Waals surface area (Å²) in [6.45, 7) is 2.18. The second-order valence-electron chi connectivity index (χ2n) is 8.48. The summed E-state index contributed by atoms with van der Waals surface area (Å²) in [6, 6.07) is 7.83. The SMILES string of the molecule is CCNC(=O)c1c(NC(=O)c2ncccc2F)[nH]c2cc(N(C)C(=O)C3CCCCC3)ccc12. The summed E-state index contributed by atoms with van der Waals surface area (Å²) in [5.41, 5.74) is 1.11. The van der Waals surface area contributed by atoms with Crippen LogP contribution in [-0.2, 0) is 4.79 Å². The molecular weight excluding hydrogens is 437 g/mol. The topological polar surface area (TPSA) is 107 Å². The summed E-state index contributed by atoms with van der Waals surface area (Å²) >= 11 is 0. The van der Waals surface area contributed by atoms with E-state index in [1.54, 1.807) is 37.1 Å². The van der Waals surface area contributed by atoms with Crippen molar-refractivity contribution in [1.82, 2.24) is 15.3 Å². The molecule has 3 N–H and O–H groups in total. The van der Waals surface area contributed by atoms with E-state index in [9.17, 15) is 18.8 Å². The Morgan fingerprint density at radius 3 is 2.62 bits per heavy atom. The van der Waals surface area contributed by atoms with Gasteiger partial charge in [-0.3, -0.25) is 14.4 Å². The summed E-state index contributed by atoms with van der Waals surface area (Å²) in [7, 11) is 1.75. The van der Waals surface area contributed by atoms with Gasteiger partial charge in [-0.2, -0.15) is 0 Å². The molecule has 3 amide bonds. The lowest BCUT2D eigenvalue weighted by atomic mass is 9.88. The van der Waals surface area contributed by atoms with Crippen molar-refractivity contribution in [3.8, 4) is 0 Å². The molecule has 1 aromatic carbocycles. The van der Waals surface area contributed by atoms with E-state index in [0.29, 0.717) is 23.1 Å². The number of amides is 3. The van der Waals surface area contributed by atoms with Crippen LogP contribution in [0, 0.1) is 11.7 Å². The van der Waals surface area contributed by atoms with Gasteiger partial charge in [0.2, 0.25) is 5.91 Å². The zero-order chi connectivity index (χ0) is 24.2. The number of carbonyl (C=O) groups is 3. The van der Waals surface area contributed by atoms with E-state index < -0.39 is 11.7 Å². The summed E-state index contributed by atoms with van der Waals surface area (Å²) in [6.07, 6.45) is 6.41. The Balaban J connectivity index is 1.68. The minimum absolute atomic E-state index is 0.0205. The Kier molecular flexibility index (Phi) is 6.90. The largest absolute Gasteiger partial charge is 0.352 e. The first kappa shape index (κ1) is 23.4. The van der Waals surface area contributed by atoms with E-state index in [1.807, 2.05) is 0 Å². The normalized spacial score (nSPS) is 14.1. The second-order valence-corrected chi connectivity index (χ2v) is 8.48. The highest BCUT2D eigenvalue weighted by atomic mass is 19.1. The van der Waals surface area contributed by atoms with Crippen LogP contribution in [0.25, 0.3) is 10.9 Å². The molecule has 4 rings (SSSR count). The Bertz CT molecular complexity index is 1230. The number of anilines is 2. The molecule has 0 radical (unpaired) electrons. The highest BCUT2D eigenvalue weighted by molar-refractivity contribution is 6.15. The maximum atomic E-state index is 14.0. The molecule has 178 valence electrons. The third-order valence-electron chi connectivity index (χ3n) is 6.23. The standard InChI is InChI=1S/C25H28FN5O3/c1-3-27-23(32)20-17-12-11-16(31(2)25(34)15-8-5-4-6-9-15)14-19(17)29-22(20)30-24(33)21-18(26)10-7-13-28-21/h7,10-15,29H,3-6,8-9H2,1-2H3,(H,27,32)(H,30,33). The molecule has 8 nitrogen and oxygen atoms in total. The molecule has 9 heteroatoms. The Morgan fingerprint density at radius 1 is 1.15 bits per heavy atom. The average molecular weight is 466 g/mol. The highest BCUT2D eigenvalue weighted by Crippen LogP contribution is 2.32. The fraction of sp³-hybridized carbons (Fsp3) is 0.360. The number of carbonyl (C=O) groups excluding carboxylic acids is 3. The van der Waals surface area contributed by atoms with Crippen LogP contribution < -0.4 is 15.5 Å². The lowest BCUT2D eigenvalue weighted by molar-refractivity contribution is -0.123. The van der Waals surface area contributed by atoms with Gasteiger partial charge < -0.3 is 20.5 Å². The number of hydrogen-bond acceptors (Lipinski definition) is 4. The maximum Gasteiger partial charge on any atom is 0.278 e. The van der Waals surface area contributed by atoms with Gasteiger partial charge in [0.15, 0.2) is 11.5 Å². The van der Waals surface area contributed by atoms with Crippen molar-refractivity contribution in [2.24, 2.45) is 5.92 Å². The van der Waals surface area contributed by atoms with Crippen molar-refractivity contribution in [1.29, 1.82) is 0 Å². The smallest absolute Gasteiger partial charge is 0.278 e. The molecule has 1 aliphatic carbocycles. The van der Waals surface area contributed by atoms with Crippen molar-refractivity contribution < 1.29 is 18.8 Å². The lowest BCUT2D eigenvalue weighted by Gasteiger charge is -2.26. The van der Waals surface area contributed by atoms with E-state index in [1.165, 1.54) is 18.7 Å². The quantitative estimate of drug-likeness (QED) is 0.506. The average Bonchev–Trinajstić information content (AvgIpc) is 3.21. The van der Waals surface area contributed by atoms with Gasteiger partial charge in [0.05, 0.1) is 5.56 Å². The van der Waals surface area contributed by atoms with Crippen molar-refractivity contribution in [2.45, 2.75) is 39.0 Å². The van der Waals surface area contributed by atoms with Crippen LogP contribution in [0.4, 0.5) is 15.9 Å². The third-order valence-corrected chi connectivity index (χ3v) is 6.23. The Labute approximate surface area is 196 Å². The van der Waals surface area contributed by atoms with Gasteiger partial charge in [-0.1, -0.05) is 19.3 Å². The van der Waals surface area contributed by atoms with Gasteiger partial charge in [-0.15, -0.1) is 0 Å². The zero-order valence-electron chi connectivity index (χ0n) is 19.3.